The Morgan fingerprint density at radius 2 is 1.69 bits per heavy atom. The van der Waals surface area contributed by atoms with Gasteiger partial charge in [0, 0.05) is 25.1 Å². The van der Waals surface area contributed by atoms with Crippen LogP contribution in [0.4, 0.5) is 0 Å². The lowest BCUT2D eigenvalue weighted by molar-refractivity contribution is -0.121. The van der Waals surface area contributed by atoms with Gasteiger partial charge in [0.2, 0.25) is 5.91 Å². The highest BCUT2D eigenvalue weighted by molar-refractivity contribution is 7.99. The smallest absolute Gasteiger partial charge is 0.262 e. The Kier molecular flexibility index (Phi) is 9.74. The molecule has 0 fully saturated rings. The first-order valence-electron chi connectivity index (χ1n) is 12.7. The molecule has 3 aromatic carbocycles. The first kappa shape index (κ1) is 27.9. The topological polar surface area (TPSA) is 99.5 Å². The third kappa shape index (κ3) is 7.26. The zero-order valence-electron chi connectivity index (χ0n) is 22.0. The number of hydrogen-bond donors (Lipinski definition) is 1. The molecular formula is C30H31N3O5S. The second-order valence-electron chi connectivity index (χ2n) is 8.84. The summed E-state index contributed by atoms with van der Waals surface area (Å²) in [5.41, 5.74) is 2.04. The number of fused-ring (bicyclic) bond motifs is 1. The molecule has 9 heteroatoms. The van der Waals surface area contributed by atoms with E-state index < -0.39 is 0 Å². The Morgan fingerprint density at radius 3 is 2.46 bits per heavy atom. The van der Waals surface area contributed by atoms with Crippen molar-refractivity contribution in [2.24, 2.45) is 0 Å². The summed E-state index contributed by atoms with van der Waals surface area (Å²) in [6.07, 6.45) is 1.37. The first-order chi connectivity index (χ1) is 19.0. The summed E-state index contributed by atoms with van der Waals surface area (Å²) in [6, 6.07) is 21.9. The van der Waals surface area contributed by atoms with Crippen LogP contribution in [0.5, 0.6) is 11.5 Å². The lowest BCUT2D eigenvalue weighted by atomic mass is 10.1. The molecule has 1 N–H and O–H groups in total. The van der Waals surface area contributed by atoms with Gasteiger partial charge in [0.25, 0.3) is 5.56 Å². The number of carbonyl (C=O) groups excluding carboxylic acids is 2. The van der Waals surface area contributed by atoms with Gasteiger partial charge in [0.15, 0.2) is 22.4 Å². The Balaban J connectivity index is 1.36. The van der Waals surface area contributed by atoms with Gasteiger partial charge in [0.1, 0.15) is 0 Å². The molecule has 8 nitrogen and oxygen atoms in total. The SMILES string of the molecule is COc1ccc(CCNC(=O)CCCn2c(SCC(=O)c3ccccc3)nc3ccccc3c2=O)cc1OC. The van der Waals surface area contributed by atoms with E-state index in [-0.39, 0.29) is 29.4 Å². The highest BCUT2D eigenvalue weighted by Crippen LogP contribution is 2.27. The van der Waals surface area contributed by atoms with E-state index in [0.717, 1.165) is 5.56 Å². The number of aromatic nitrogens is 2. The average Bonchev–Trinajstić information content (AvgIpc) is 2.97. The van der Waals surface area contributed by atoms with Crippen LogP contribution in [0, 0.1) is 0 Å². The van der Waals surface area contributed by atoms with E-state index in [2.05, 4.69) is 10.3 Å². The Morgan fingerprint density at radius 1 is 0.949 bits per heavy atom. The maximum absolute atomic E-state index is 13.3. The zero-order valence-corrected chi connectivity index (χ0v) is 22.8. The van der Waals surface area contributed by atoms with Gasteiger partial charge < -0.3 is 14.8 Å². The number of nitrogens with zero attached hydrogens (tertiary/aromatic N) is 2. The van der Waals surface area contributed by atoms with Gasteiger partial charge in [-0.1, -0.05) is 60.3 Å². The van der Waals surface area contributed by atoms with Crippen LogP contribution in [-0.2, 0) is 17.8 Å². The van der Waals surface area contributed by atoms with Crippen molar-refractivity contribution >= 4 is 34.4 Å². The third-order valence-electron chi connectivity index (χ3n) is 6.22. The van der Waals surface area contributed by atoms with Gasteiger partial charge in [-0.3, -0.25) is 19.0 Å². The molecule has 0 saturated carbocycles. The molecule has 202 valence electrons. The normalized spacial score (nSPS) is 10.8. The molecule has 4 rings (SSSR count). The minimum Gasteiger partial charge on any atom is -0.493 e. The standard InChI is InChI=1S/C30H31N3O5S/c1-37-26-15-14-21(19-27(26)38-2)16-17-31-28(35)13-8-18-33-29(36)23-11-6-7-12-24(23)32-30(33)39-20-25(34)22-9-4-3-5-10-22/h3-7,9-12,14-15,19H,8,13,16-18,20H2,1-2H3,(H,31,35). The average molecular weight is 546 g/mol. The van der Waals surface area contributed by atoms with E-state index >= 15 is 0 Å². The third-order valence-corrected chi connectivity index (χ3v) is 7.20. The van der Waals surface area contributed by atoms with E-state index in [9.17, 15) is 14.4 Å². The Labute approximate surface area is 231 Å². The number of para-hydroxylation sites is 1. The van der Waals surface area contributed by atoms with Crippen molar-refractivity contribution in [3.63, 3.8) is 0 Å². The summed E-state index contributed by atoms with van der Waals surface area (Å²) < 4.78 is 12.2. The molecule has 0 spiro atoms. The lowest BCUT2D eigenvalue weighted by Gasteiger charge is -2.13. The van der Waals surface area contributed by atoms with Crippen LogP contribution in [0.3, 0.4) is 0 Å². The van der Waals surface area contributed by atoms with E-state index in [4.69, 9.17) is 9.47 Å². The molecule has 0 radical (unpaired) electrons. The summed E-state index contributed by atoms with van der Waals surface area (Å²) >= 11 is 1.24. The molecule has 0 saturated heterocycles. The molecule has 39 heavy (non-hydrogen) atoms. The summed E-state index contributed by atoms with van der Waals surface area (Å²) in [5.74, 6) is 1.33. The van der Waals surface area contributed by atoms with Crippen molar-refractivity contribution in [1.29, 1.82) is 0 Å². The van der Waals surface area contributed by atoms with Gasteiger partial charge in [-0.2, -0.15) is 0 Å². The number of rotatable bonds is 13. The first-order valence-corrected chi connectivity index (χ1v) is 13.7. The monoisotopic (exact) mass is 545 g/mol. The van der Waals surface area contributed by atoms with Gasteiger partial charge in [-0.25, -0.2) is 4.98 Å². The number of thioether (sulfide) groups is 1. The van der Waals surface area contributed by atoms with Crippen molar-refractivity contribution in [2.75, 3.05) is 26.5 Å². The molecule has 1 heterocycles. The highest BCUT2D eigenvalue weighted by Gasteiger charge is 2.15. The second kappa shape index (κ2) is 13.6. The largest absolute Gasteiger partial charge is 0.493 e. The minimum absolute atomic E-state index is 0.0385. The van der Waals surface area contributed by atoms with Crippen LogP contribution in [0.15, 0.2) is 82.7 Å². The summed E-state index contributed by atoms with van der Waals surface area (Å²) in [4.78, 5) is 43.1. The maximum atomic E-state index is 13.3. The van der Waals surface area contributed by atoms with Crippen molar-refractivity contribution in [3.8, 4) is 11.5 Å². The second-order valence-corrected chi connectivity index (χ2v) is 9.78. The Hall–Kier alpha value is -4.11. The molecule has 1 amide bonds. The van der Waals surface area contributed by atoms with Crippen LogP contribution in [0.2, 0.25) is 0 Å². The number of hydrogen-bond acceptors (Lipinski definition) is 7. The van der Waals surface area contributed by atoms with Crippen LogP contribution in [0.1, 0.15) is 28.8 Å². The molecule has 0 atom stereocenters. The molecule has 0 aliphatic heterocycles. The van der Waals surface area contributed by atoms with E-state index in [1.807, 2.05) is 42.5 Å². The number of methoxy groups -OCH3 is 2. The predicted octanol–water partition coefficient (Wildman–Crippen LogP) is 4.53. The lowest BCUT2D eigenvalue weighted by Crippen LogP contribution is -2.27. The van der Waals surface area contributed by atoms with Crippen molar-refractivity contribution in [1.82, 2.24) is 14.9 Å². The van der Waals surface area contributed by atoms with Crippen molar-refractivity contribution < 1.29 is 19.1 Å². The number of ether oxygens (including phenoxy) is 2. The minimum atomic E-state index is -0.177. The fourth-order valence-electron chi connectivity index (χ4n) is 4.16. The summed E-state index contributed by atoms with van der Waals surface area (Å²) in [5, 5.41) is 3.92. The van der Waals surface area contributed by atoms with Crippen molar-refractivity contribution in [3.05, 3.63) is 94.3 Å². The van der Waals surface area contributed by atoms with Crippen LogP contribution >= 0.6 is 11.8 Å². The number of nitrogens with one attached hydrogen (secondary N) is 1. The highest BCUT2D eigenvalue weighted by atomic mass is 32.2. The number of ketones is 1. The van der Waals surface area contributed by atoms with Crippen LogP contribution in [0.25, 0.3) is 10.9 Å². The quantitative estimate of drug-likeness (QED) is 0.150. The van der Waals surface area contributed by atoms with Gasteiger partial charge in [-0.05, 0) is 42.7 Å². The fraction of sp³-hybridized carbons (Fsp3) is 0.267. The van der Waals surface area contributed by atoms with Gasteiger partial charge in [0.05, 0.1) is 30.9 Å². The molecule has 1 aromatic heterocycles. The predicted molar refractivity (Wildman–Crippen MR) is 153 cm³/mol. The summed E-state index contributed by atoms with van der Waals surface area (Å²) in [7, 11) is 3.18. The van der Waals surface area contributed by atoms with E-state index in [1.165, 1.54) is 11.8 Å². The number of Topliss-reactive ketones (excluding diaryl/α,β-unsaturated/α-hetero) is 1. The maximum Gasteiger partial charge on any atom is 0.262 e. The van der Waals surface area contributed by atoms with E-state index in [1.54, 1.807) is 49.1 Å². The molecule has 0 unspecified atom stereocenters. The number of carbonyl (C=O) groups is 2. The molecule has 0 aliphatic rings. The van der Waals surface area contributed by atoms with E-state index in [0.29, 0.717) is 59.1 Å². The molecule has 0 aliphatic carbocycles. The Bertz CT molecular complexity index is 1500. The van der Waals surface area contributed by atoms with Gasteiger partial charge in [-0.15, -0.1) is 0 Å². The zero-order chi connectivity index (χ0) is 27.6. The van der Waals surface area contributed by atoms with Crippen LogP contribution < -0.4 is 20.3 Å². The summed E-state index contributed by atoms with van der Waals surface area (Å²) in [6.45, 7) is 0.802. The molecular weight excluding hydrogens is 514 g/mol. The van der Waals surface area contributed by atoms with Crippen molar-refractivity contribution in [2.45, 2.75) is 31.0 Å². The van der Waals surface area contributed by atoms with Gasteiger partial charge >= 0.3 is 0 Å². The fourth-order valence-corrected chi connectivity index (χ4v) is 5.08. The number of amides is 1. The molecule has 0 bridgehead atoms. The molecule has 4 aromatic rings. The van der Waals surface area contributed by atoms with Crippen LogP contribution in [-0.4, -0.2) is 47.8 Å². The number of benzene rings is 3.